The van der Waals surface area contributed by atoms with Gasteiger partial charge in [0.05, 0.1) is 5.52 Å². The van der Waals surface area contributed by atoms with Crippen molar-refractivity contribution >= 4 is 28.6 Å². The molecule has 2 aromatic heterocycles. The van der Waals surface area contributed by atoms with Gasteiger partial charge < -0.3 is 4.57 Å². The molecule has 14 heavy (non-hydrogen) atoms. The molecule has 0 aliphatic heterocycles. The van der Waals surface area contributed by atoms with Gasteiger partial charge in [0.1, 0.15) is 5.15 Å². The minimum Gasteiger partial charge on any atom is -0.344 e. The average molecular weight is 207 g/mol. The molecule has 2 rings (SSSR count). The molecule has 0 fully saturated rings. The van der Waals surface area contributed by atoms with Crippen LogP contribution in [0.2, 0.25) is 5.15 Å². The smallest absolute Gasteiger partial charge is 0.138 e. The summed E-state index contributed by atoms with van der Waals surface area (Å²) in [5.41, 5.74) is 3.08. The van der Waals surface area contributed by atoms with Gasteiger partial charge in [0, 0.05) is 23.8 Å². The molecule has 0 radical (unpaired) electrons. The van der Waals surface area contributed by atoms with Crippen LogP contribution in [0.3, 0.4) is 0 Å². The van der Waals surface area contributed by atoms with E-state index in [9.17, 15) is 0 Å². The van der Waals surface area contributed by atoms with Gasteiger partial charge in [-0.25, -0.2) is 4.98 Å². The highest BCUT2D eigenvalue weighted by Crippen LogP contribution is 2.25. The van der Waals surface area contributed by atoms with E-state index < -0.39 is 0 Å². The predicted molar refractivity (Wildman–Crippen MR) is 60.6 cm³/mol. The Bertz CT molecular complexity index is 511. The Morgan fingerprint density at radius 3 is 2.86 bits per heavy atom. The van der Waals surface area contributed by atoms with Crippen molar-refractivity contribution < 1.29 is 0 Å². The molecule has 2 heterocycles. The molecule has 2 nitrogen and oxygen atoms in total. The topological polar surface area (TPSA) is 17.8 Å². The van der Waals surface area contributed by atoms with Gasteiger partial charge in [0.2, 0.25) is 0 Å². The summed E-state index contributed by atoms with van der Waals surface area (Å²) in [6.07, 6.45) is 1.81. The van der Waals surface area contributed by atoms with E-state index in [1.807, 2.05) is 32.2 Å². The second-order valence-corrected chi connectivity index (χ2v) is 3.68. The molecule has 3 heteroatoms. The third kappa shape index (κ3) is 1.23. The van der Waals surface area contributed by atoms with E-state index in [2.05, 4.69) is 16.1 Å². The lowest BCUT2D eigenvalue weighted by Crippen LogP contribution is -1.91. The second-order valence-electron chi connectivity index (χ2n) is 3.32. The maximum Gasteiger partial charge on any atom is 0.138 e. The fraction of sp³-hybridized carbons (Fsp3) is 0.182. The number of nitrogens with zero attached hydrogens (tertiary/aromatic N) is 2. The van der Waals surface area contributed by atoms with Crippen LogP contribution in [0.25, 0.3) is 17.0 Å². The molecule has 0 N–H and O–H groups in total. The van der Waals surface area contributed by atoms with Crippen molar-refractivity contribution in [3.8, 4) is 0 Å². The number of pyridine rings is 1. The molecule has 0 aliphatic carbocycles. The molecule has 0 amide bonds. The van der Waals surface area contributed by atoms with Crippen molar-refractivity contribution in [1.82, 2.24) is 9.55 Å². The maximum atomic E-state index is 6.05. The van der Waals surface area contributed by atoms with Crippen LogP contribution >= 0.6 is 11.6 Å². The molecular formula is C11H11ClN2. The van der Waals surface area contributed by atoms with E-state index in [4.69, 9.17) is 11.6 Å². The van der Waals surface area contributed by atoms with Crippen molar-refractivity contribution in [2.24, 2.45) is 7.05 Å². The molecule has 0 spiro atoms. The lowest BCUT2D eigenvalue weighted by Gasteiger charge is -2.00. The summed E-state index contributed by atoms with van der Waals surface area (Å²) in [6, 6.07) is 4.02. The van der Waals surface area contributed by atoms with Crippen LogP contribution in [0.4, 0.5) is 0 Å². The first-order chi connectivity index (χ1) is 6.63. The van der Waals surface area contributed by atoms with Crippen LogP contribution in [0, 0.1) is 6.92 Å². The van der Waals surface area contributed by atoms with Crippen LogP contribution in [-0.2, 0) is 7.05 Å². The van der Waals surface area contributed by atoms with Crippen LogP contribution in [0.1, 0.15) is 11.4 Å². The fourth-order valence-corrected chi connectivity index (χ4v) is 1.90. The zero-order chi connectivity index (χ0) is 10.3. The first-order valence-corrected chi connectivity index (χ1v) is 4.76. The zero-order valence-corrected chi connectivity index (χ0v) is 8.97. The Kier molecular flexibility index (Phi) is 2.08. The molecule has 72 valence electrons. The highest BCUT2D eigenvalue weighted by Gasteiger charge is 2.07. The summed E-state index contributed by atoms with van der Waals surface area (Å²) < 4.78 is 2.06. The maximum absolute atomic E-state index is 6.05. The lowest BCUT2D eigenvalue weighted by atomic mass is 10.3. The number of fused-ring (bicyclic) bond motifs is 1. The van der Waals surface area contributed by atoms with E-state index in [-0.39, 0.29) is 0 Å². The van der Waals surface area contributed by atoms with Crippen LogP contribution < -0.4 is 0 Å². The van der Waals surface area contributed by atoms with E-state index in [1.54, 1.807) is 0 Å². The van der Waals surface area contributed by atoms with Crippen molar-refractivity contribution in [1.29, 1.82) is 0 Å². The van der Waals surface area contributed by atoms with Gasteiger partial charge in [0.25, 0.3) is 0 Å². The number of hydrogen-bond acceptors (Lipinski definition) is 1. The largest absolute Gasteiger partial charge is 0.344 e. The second kappa shape index (κ2) is 3.14. The monoisotopic (exact) mass is 206 g/mol. The van der Waals surface area contributed by atoms with Gasteiger partial charge in [-0.2, -0.15) is 0 Å². The molecule has 0 aliphatic rings. The van der Waals surface area contributed by atoms with E-state index in [0.29, 0.717) is 5.15 Å². The fourth-order valence-electron chi connectivity index (χ4n) is 1.62. The summed E-state index contributed by atoms with van der Waals surface area (Å²) in [6.45, 7) is 5.69. The Morgan fingerprint density at radius 2 is 2.21 bits per heavy atom. The molecular weight excluding hydrogens is 196 g/mol. The minimum atomic E-state index is 0.559. The third-order valence-corrected chi connectivity index (χ3v) is 2.66. The number of rotatable bonds is 1. The van der Waals surface area contributed by atoms with Crippen LogP contribution in [0.5, 0.6) is 0 Å². The van der Waals surface area contributed by atoms with Crippen molar-refractivity contribution in [3.05, 3.63) is 35.3 Å². The predicted octanol–water partition coefficient (Wildman–Crippen LogP) is 3.18. The van der Waals surface area contributed by atoms with Gasteiger partial charge in [-0.3, -0.25) is 0 Å². The van der Waals surface area contributed by atoms with Gasteiger partial charge in [-0.15, -0.1) is 0 Å². The zero-order valence-electron chi connectivity index (χ0n) is 8.21. The molecule has 0 unspecified atom stereocenters. The standard InChI is InChI=1S/C11H11ClN2/c1-4-8-6-9-10(14(8)3)5-7(2)13-11(9)12/h4-6H,1H2,2-3H3. The van der Waals surface area contributed by atoms with Crippen molar-refractivity contribution in [3.63, 3.8) is 0 Å². The molecule has 0 saturated carbocycles. The Hall–Kier alpha value is -1.28. The summed E-state index contributed by atoms with van der Waals surface area (Å²) in [5.74, 6) is 0. The van der Waals surface area contributed by atoms with E-state index >= 15 is 0 Å². The number of halogens is 1. The third-order valence-electron chi connectivity index (χ3n) is 2.37. The minimum absolute atomic E-state index is 0.559. The Morgan fingerprint density at radius 1 is 1.50 bits per heavy atom. The first-order valence-electron chi connectivity index (χ1n) is 4.38. The highest BCUT2D eigenvalue weighted by atomic mass is 35.5. The summed E-state index contributed by atoms with van der Waals surface area (Å²) in [7, 11) is 2.00. The van der Waals surface area contributed by atoms with Crippen LogP contribution in [-0.4, -0.2) is 9.55 Å². The first kappa shape index (κ1) is 9.28. The SMILES string of the molecule is C=Cc1cc2c(Cl)nc(C)cc2n1C. The van der Waals surface area contributed by atoms with E-state index in [1.165, 1.54) is 0 Å². The summed E-state index contributed by atoms with van der Waals surface area (Å²) in [5, 5.41) is 1.54. The van der Waals surface area contributed by atoms with Gasteiger partial charge >= 0.3 is 0 Å². The Balaban J connectivity index is 2.91. The molecule has 2 aromatic rings. The molecule has 0 saturated heterocycles. The average Bonchev–Trinajstić information content (AvgIpc) is 2.44. The highest BCUT2D eigenvalue weighted by molar-refractivity contribution is 6.34. The Labute approximate surface area is 87.8 Å². The van der Waals surface area contributed by atoms with Crippen molar-refractivity contribution in [2.45, 2.75) is 6.92 Å². The quantitative estimate of drug-likeness (QED) is 0.656. The van der Waals surface area contributed by atoms with Crippen molar-refractivity contribution in [2.75, 3.05) is 0 Å². The molecule has 0 atom stereocenters. The van der Waals surface area contributed by atoms with E-state index in [0.717, 1.165) is 22.3 Å². The lowest BCUT2D eigenvalue weighted by molar-refractivity contribution is 0.952. The number of aromatic nitrogens is 2. The molecule has 0 bridgehead atoms. The van der Waals surface area contributed by atoms with Crippen LogP contribution in [0.15, 0.2) is 18.7 Å². The van der Waals surface area contributed by atoms with Gasteiger partial charge in [-0.1, -0.05) is 18.2 Å². The summed E-state index contributed by atoms with van der Waals surface area (Å²) >= 11 is 6.05. The number of aryl methyl sites for hydroxylation is 2. The van der Waals surface area contributed by atoms with Gasteiger partial charge in [-0.05, 0) is 25.1 Å². The normalized spacial score (nSPS) is 10.8. The van der Waals surface area contributed by atoms with Gasteiger partial charge in [0.15, 0.2) is 0 Å². The number of hydrogen-bond donors (Lipinski definition) is 0. The molecule has 0 aromatic carbocycles. The summed E-state index contributed by atoms with van der Waals surface area (Å²) in [4.78, 5) is 4.21.